The lowest BCUT2D eigenvalue weighted by Gasteiger charge is -2.35. The monoisotopic (exact) mass is 233 g/mol. The summed E-state index contributed by atoms with van der Waals surface area (Å²) in [7, 11) is 0. The predicted octanol–water partition coefficient (Wildman–Crippen LogP) is -0.196. The van der Waals surface area contributed by atoms with Crippen molar-refractivity contribution in [2.75, 3.05) is 31.1 Å². The molecular formula is C11H15N5O. The Kier molecular flexibility index (Phi) is 3.40. The van der Waals surface area contributed by atoms with E-state index in [1.165, 1.54) is 6.20 Å². The van der Waals surface area contributed by atoms with Crippen LogP contribution in [0.3, 0.4) is 0 Å². The van der Waals surface area contributed by atoms with Crippen molar-refractivity contribution in [3.05, 3.63) is 22.7 Å². The fourth-order valence-corrected chi connectivity index (χ4v) is 1.97. The maximum absolute atomic E-state index is 11.6. The summed E-state index contributed by atoms with van der Waals surface area (Å²) in [6.45, 7) is 4.91. The van der Waals surface area contributed by atoms with Crippen LogP contribution in [0.1, 0.15) is 6.92 Å². The van der Waals surface area contributed by atoms with Gasteiger partial charge in [0.2, 0.25) is 0 Å². The Balaban J connectivity index is 2.03. The highest BCUT2D eigenvalue weighted by atomic mass is 16.1. The average Bonchev–Trinajstić information content (AvgIpc) is 2.39. The lowest BCUT2D eigenvalue weighted by molar-refractivity contribution is 0.231. The van der Waals surface area contributed by atoms with Crippen LogP contribution >= 0.6 is 0 Å². The second-order valence-electron chi connectivity index (χ2n) is 4.07. The van der Waals surface area contributed by atoms with Crippen molar-refractivity contribution in [2.45, 2.75) is 13.0 Å². The number of rotatable bonds is 2. The third-order valence-electron chi connectivity index (χ3n) is 3.04. The molecule has 0 aromatic carbocycles. The van der Waals surface area contributed by atoms with Gasteiger partial charge in [0, 0.05) is 38.6 Å². The predicted molar refractivity (Wildman–Crippen MR) is 63.7 cm³/mol. The highest BCUT2D eigenvalue weighted by Gasteiger charge is 2.22. The smallest absolute Gasteiger partial charge is 0.290 e. The number of aromatic nitrogens is 2. The minimum absolute atomic E-state index is 0.0702. The van der Waals surface area contributed by atoms with Gasteiger partial charge in [0.1, 0.15) is 0 Å². The van der Waals surface area contributed by atoms with Gasteiger partial charge in [0.15, 0.2) is 5.82 Å². The van der Waals surface area contributed by atoms with Gasteiger partial charge in [-0.1, -0.05) is 0 Å². The van der Waals surface area contributed by atoms with Gasteiger partial charge in [-0.2, -0.15) is 5.26 Å². The first kappa shape index (κ1) is 11.6. The molecule has 0 bridgehead atoms. The quantitative estimate of drug-likeness (QED) is 0.765. The Labute approximate surface area is 99.5 Å². The highest BCUT2D eigenvalue weighted by molar-refractivity contribution is 5.35. The maximum Gasteiger partial charge on any atom is 0.290 e. The Morgan fingerprint density at radius 2 is 2.18 bits per heavy atom. The van der Waals surface area contributed by atoms with E-state index in [1.54, 1.807) is 6.20 Å². The maximum atomic E-state index is 11.6. The van der Waals surface area contributed by atoms with E-state index in [2.05, 4.69) is 20.9 Å². The van der Waals surface area contributed by atoms with E-state index in [0.717, 1.165) is 26.2 Å². The van der Waals surface area contributed by atoms with Crippen LogP contribution < -0.4 is 10.5 Å². The Morgan fingerprint density at radius 1 is 1.47 bits per heavy atom. The number of nitriles is 1. The molecule has 0 aliphatic carbocycles. The Hall–Kier alpha value is -1.87. The molecule has 1 saturated heterocycles. The van der Waals surface area contributed by atoms with Crippen molar-refractivity contribution in [1.82, 2.24) is 14.9 Å². The molecule has 1 fully saturated rings. The van der Waals surface area contributed by atoms with Gasteiger partial charge in [-0.25, -0.2) is 4.98 Å². The van der Waals surface area contributed by atoms with Gasteiger partial charge in [0.25, 0.3) is 5.56 Å². The van der Waals surface area contributed by atoms with Crippen LogP contribution in [0, 0.1) is 11.3 Å². The number of hydrogen-bond acceptors (Lipinski definition) is 5. The lowest BCUT2D eigenvalue weighted by Crippen LogP contribution is -2.50. The van der Waals surface area contributed by atoms with Crippen LogP contribution in [0.4, 0.5) is 5.82 Å². The third kappa shape index (κ3) is 2.45. The van der Waals surface area contributed by atoms with Gasteiger partial charge >= 0.3 is 0 Å². The summed E-state index contributed by atoms with van der Waals surface area (Å²) in [5.74, 6) is 0.469. The number of hydrogen-bond donors (Lipinski definition) is 1. The molecule has 0 amide bonds. The molecule has 6 heteroatoms. The van der Waals surface area contributed by atoms with Gasteiger partial charge in [-0.05, 0) is 6.92 Å². The average molecular weight is 233 g/mol. The van der Waals surface area contributed by atoms with Crippen LogP contribution in [-0.2, 0) is 0 Å². The lowest BCUT2D eigenvalue weighted by atomic mass is 10.2. The van der Waals surface area contributed by atoms with E-state index in [9.17, 15) is 4.79 Å². The summed E-state index contributed by atoms with van der Waals surface area (Å²) in [5.41, 5.74) is -0.158. The molecule has 1 aromatic heterocycles. The molecule has 0 spiro atoms. The first-order chi connectivity index (χ1) is 8.22. The molecule has 6 nitrogen and oxygen atoms in total. The molecular weight excluding hydrogens is 218 g/mol. The highest BCUT2D eigenvalue weighted by Crippen LogP contribution is 2.09. The van der Waals surface area contributed by atoms with E-state index in [0.29, 0.717) is 5.82 Å². The molecule has 1 aromatic rings. The van der Waals surface area contributed by atoms with Crippen LogP contribution in [0.2, 0.25) is 0 Å². The van der Waals surface area contributed by atoms with Gasteiger partial charge in [-0.15, -0.1) is 0 Å². The van der Waals surface area contributed by atoms with Crippen LogP contribution in [-0.4, -0.2) is 47.1 Å². The molecule has 0 saturated carbocycles. The minimum atomic E-state index is -0.158. The number of H-pyrrole nitrogens is 1. The van der Waals surface area contributed by atoms with Crippen molar-refractivity contribution in [3.63, 3.8) is 0 Å². The fourth-order valence-electron chi connectivity index (χ4n) is 1.97. The second kappa shape index (κ2) is 4.97. The molecule has 90 valence electrons. The van der Waals surface area contributed by atoms with E-state index >= 15 is 0 Å². The van der Waals surface area contributed by atoms with E-state index in [-0.39, 0.29) is 11.6 Å². The fraction of sp³-hybridized carbons (Fsp3) is 0.545. The molecule has 1 aliphatic heterocycles. The summed E-state index contributed by atoms with van der Waals surface area (Å²) < 4.78 is 0. The standard InChI is InChI=1S/C11H15N5O/c1-9(8-12)15-4-6-16(7-5-15)10-11(17)14-3-2-13-10/h2-3,9H,4-7H2,1H3,(H,14,17). The van der Waals surface area contributed by atoms with Crippen molar-refractivity contribution >= 4 is 5.82 Å². The molecule has 1 aliphatic rings. The first-order valence-electron chi connectivity index (χ1n) is 5.64. The first-order valence-corrected chi connectivity index (χ1v) is 5.64. The van der Waals surface area contributed by atoms with Crippen molar-refractivity contribution < 1.29 is 0 Å². The summed E-state index contributed by atoms with van der Waals surface area (Å²) in [4.78, 5) is 22.3. The molecule has 2 rings (SSSR count). The zero-order valence-corrected chi connectivity index (χ0v) is 9.76. The Morgan fingerprint density at radius 3 is 2.76 bits per heavy atom. The molecule has 17 heavy (non-hydrogen) atoms. The zero-order chi connectivity index (χ0) is 12.3. The minimum Gasteiger partial charge on any atom is -0.349 e. The molecule has 1 N–H and O–H groups in total. The van der Waals surface area contributed by atoms with E-state index in [1.807, 2.05) is 11.8 Å². The van der Waals surface area contributed by atoms with Crippen molar-refractivity contribution in [3.8, 4) is 6.07 Å². The van der Waals surface area contributed by atoms with Gasteiger partial charge < -0.3 is 9.88 Å². The molecule has 0 radical (unpaired) electrons. The summed E-state index contributed by atoms with van der Waals surface area (Å²) in [5, 5.41) is 8.84. The molecule has 1 unspecified atom stereocenters. The van der Waals surface area contributed by atoms with Crippen LogP contribution in [0.15, 0.2) is 17.2 Å². The van der Waals surface area contributed by atoms with Gasteiger partial charge in [0.05, 0.1) is 12.1 Å². The topological polar surface area (TPSA) is 76.0 Å². The Bertz CT molecular complexity index is 469. The zero-order valence-electron chi connectivity index (χ0n) is 9.76. The summed E-state index contributed by atoms with van der Waals surface area (Å²) in [6, 6.07) is 2.15. The number of nitrogens with one attached hydrogen (secondary N) is 1. The third-order valence-corrected chi connectivity index (χ3v) is 3.04. The normalized spacial score (nSPS) is 18.7. The van der Waals surface area contributed by atoms with Crippen molar-refractivity contribution in [2.24, 2.45) is 0 Å². The van der Waals surface area contributed by atoms with E-state index < -0.39 is 0 Å². The number of aromatic amines is 1. The largest absolute Gasteiger partial charge is 0.349 e. The van der Waals surface area contributed by atoms with Gasteiger partial charge in [-0.3, -0.25) is 9.69 Å². The van der Waals surface area contributed by atoms with Crippen LogP contribution in [0.25, 0.3) is 0 Å². The van der Waals surface area contributed by atoms with Crippen molar-refractivity contribution in [1.29, 1.82) is 5.26 Å². The van der Waals surface area contributed by atoms with E-state index in [4.69, 9.17) is 5.26 Å². The number of piperazine rings is 1. The molecule has 1 atom stereocenters. The summed E-state index contributed by atoms with van der Waals surface area (Å²) >= 11 is 0. The summed E-state index contributed by atoms with van der Waals surface area (Å²) in [6.07, 6.45) is 3.11. The molecule has 2 heterocycles. The number of nitrogens with zero attached hydrogens (tertiary/aromatic N) is 4. The number of anilines is 1. The van der Waals surface area contributed by atoms with Crippen LogP contribution in [0.5, 0.6) is 0 Å². The second-order valence-corrected chi connectivity index (χ2v) is 4.07. The SMILES string of the molecule is CC(C#N)N1CCN(c2ncc[nH]c2=O)CC1.